The van der Waals surface area contributed by atoms with E-state index in [2.05, 4.69) is 25.3 Å². The monoisotopic (exact) mass is 208 g/mol. The van der Waals surface area contributed by atoms with Crippen molar-refractivity contribution in [3.63, 3.8) is 0 Å². The molecule has 1 heterocycles. The summed E-state index contributed by atoms with van der Waals surface area (Å²) in [7, 11) is 0. The summed E-state index contributed by atoms with van der Waals surface area (Å²) in [5.41, 5.74) is 1.10. The molecule has 15 heavy (non-hydrogen) atoms. The van der Waals surface area contributed by atoms with E-state index >= 15 is 0 Å². The molecule has 1 unspecified atom stereocenters. The number of nitrogens with zero attached hydrogens (tertiary/aromatic N) is 2. The fourth-order valence-corrected chi connectivity index (χ4v) is 1.78. The molecule has 0 saturated carbocycles. The molecule has 3 heteroatoms. The summed E-state index contributed by atoms with van der Waals surface area (Å²) in [4.78, 5) is 0. The van der Waals surface area contributed by atoms with E-state index in [1.165, 1.54) is 6.42 Å². The van der Waals surface area contributed by atoms with Gasteiger partial charge in [-0.05, 0) is 31.8 Å². The predicted molar refractivity (Wildman–Crippen MR) is 63.6 cm³/mol. The molecule has 1 aliphatic heterocycles. The molecule has 1 rings (SSSR count). The summed E-state index contributed by atoms with van der Waals surface area (Å²) in [6.07, 6.45) is 8.07. The summed E-state index contributed by atoms with van der Waals surface area (Å²) in [6, 6.07) is 0. The minimum Gasteiger partial charge on any atom is -0.357 e. The van der Waals surface area contributed by atoms with Crippen LogP contribution in [0.4, 0.5) is 0 Å². The van der Waals surface area contributed by atoms with Crippen LogP contribution < -0.4 is 0 Å². The van der Waals surface area contributed by atoms with E-state index in [9.17, 15) is 0 Å². The van der Waals surface area contributed by atoms with Crippen LogP contribution in [-0.4, -0.2) is 24.6 Å². The SMILES string of the molecule is C=C/C=C(\CC)N(N=C)C1CCCCO1. The molecule has 0 aliphatic carbocycles. The lowest BCUT2D eigenvalue weighted by Gasteiger charge is -2.32. The Morgan fingerprint density at radius 2 is 2.40 bits per heavy atom. The first-order chi connectivity index (χ1) is 7.33. The molecule has 3 nitrogen and oxygen atoms in total. The van der Waals surface area contributed by atoms with Gasteiger partial charge >= 0.3 is 0 Å². The van der Waals surface area contributed by atoms with Gasteiger partial charge in [0.2, 0.25) is 0 Å². The quantitative estimate of drug-likeness (QED) is 0.394. The molecule has 0 N–H and O–H groups in total. The van der Waals surface area contributed by atoms with Crippen molar-refractivity contribution in [1.29, 1.82) is 0 Å². The molecule has 1 atom stereocenters. The zero-order valence-electron chi connectivity index (χ0n) is 9.48. The van der Waals surface area contributed by atoms with Gasteiger partial charge in [-0.3, -0.25) is 0 Å². The van der Waals surface area contributed by atoms with Crippen molar-refractivity contribution in [1.82, 2.24) is 5.01 Å². The van der Waals surface area contributed by atoms with Gasteiger partial charge in [0.15, 0.2) is 0 Å². The van der Waals surface area contributed by atoms with Crippen molar-refractivity contribution in [3.05, 3.63) is 24.4 Å². The summed E-state index contributed by atoms with van der Waals surface area (Å²) < 4.78 is 5.68. The Labute approximate surface area is 92.1 Å². The smallest absolute Gasteiger partial charge is 0.150 e. The summed E-state index contributed by atoms with van der Waals surface area (Å²) in [5, 5.41) is 5.92. The van der Waals surface area contributed by atoms with Crippen LogP contribution >= 0.6 is 0 Å². The van der Waals surface area contributed by atoms with Gasteiger partial charge in [-0.15, -0.1) is 0 Å². The lowest BCUT2D eigenvalue weighted by molar-refractivity contribution is -0.0710. The second kappa shape index (κ2) is 6.40. The van der Waals surface area contributed by atoms with Crippen LogP contribution in [0.1, 0.15) is 32.6 Å². The first kappa shape index (κ1) is 12.0. The van der Waals surface area contributed by atoms with E-state index in [1.807, 2.05) is 11.1 Å². The van der Waals surface area contributed by atoms with Gasteiger partial charge in [0.1, 0.15) is 6.23 Å². The maximum Gasteiger partial charge on any atom is 0.150 e. The van der Waals surface area contributed by atoms with E-state index in [0.717, 1.165) is 31.6 Å². The molecule has 1 saturated heterocycles. The molecule has 0 radical (unpaired) electrons. The molecule has 0 aromatic heterocycles. The molecule has 0 amide bonds. The highest BCUT2D eigenvalue weighted by Crippen LogP contribution is 2.22. The second-order valence-corrected chi connectivity index (χ2v) is 3.55. The van der Waals surface area contributed by atoms with Gasteiger partial charge in [0.25, 0.3) is 0 Å². The molecule has 0 aromatic carbocycles. The minimum atomic E-state index is 0.0578. The third kappa shape index (κ3) is 3.20. The second-order valence-electron chi connectivity index (χ2n) is 3.55. The van der Waals surface area contributed by atoms with Crippen LogP contribution in [0.2, 0.25) is 0 Å². The Morgan fingerprint density at radius 3 is 2.87 bits per heavy atom. The van der Waals surface area contributed by atoms with Crippen LogP contribution in [0.15, 0.2) is 29.5 Å². The van der Waals surface area contributed by atoms with Crippen LogP contribution in [0, 0.1) is 0 Å². The molecular formula is C12H20N2O. The Bertz CT molecular complexity index is 242. The van der Waals surface area contributed by atoms with Crippen molar-refractivity contribution < 1.29 is 4.74 Å². The molecule has 84 valence electrons. The third-order valence-electron chi connectivity index (χ3n) is 2.55. The van der Waals surface area contributed by atoms with E-state index < -0.39 is 0 Å². The van der Waals surface area contributed by atoms with Crippen molar-refractivity contribution in [2.75, 3.05) is 6.61 Å². The van der Waals surface area contributed by atoms with Crippen LogP contribution in [0.25, 0.3) is 0 Å². The maximum absolute atomic E-state index is 5.68. The maximum atomic E-state index is 5.68. The molecule has 0 aromatic rings. The Morgan fingerprint density at radius 1 is 1.60 bits per heavy atom. The van der Waals surface area contributed by atoms with E-state index in [0.29, 0.717) is 0 Å². The zero-order chi connectivity index (χ0) is 11.1. The van der Waals surface area contributed by atoms with Crippen molar-refractivity contribution in [2.45, 2.75) is 38.8 Å². The number of rotatable bonds is 5. The minimum absolute atomic E-state index is 0.0578. The number of hydrogen-bond acceptors (Lipinski definition) is 3. The average Bonchev–Trinajstić information content (AvgIpc) is 2.30. The standard InChI is InChI=1S/C12H20N2O/c1-4-8-11(5-2)14(13-3)12-9-6-7-10-15-12/h4,8,12H,1,3,5-7,9-10H2,2H3/b11-8+. The van der Waals surface area contributed by atoms with Crippen LogP contribution in [-0.2, 0) is 4.74 Å². The lowest BCUT2D eigenvalue weighted by Crippen LogP contribution is -2.35. The normalized spacial score (nSPS) is 22.2. The largest absolute Gasteiger partial charge is 0.357 e. The molecular weight excluding hydrogens is 188 g/mol. The number of hydrazone groups is 1. The Balaban J connectivity index is 2.71. The van der Waals surface area contributed by atoms with E-state index in [4.69, 9.17) is 4.74 Å². The highest BCUT2D eigenvalue weighted by molar-refractivity contribution is 5.24. The lowest BCUT2D eigenvalue weighted by atomic mass is 10.1. The van der Waals surface area contributed by atoms with Crippen LogP contribution in [0.3, 0.4) is 0 Å². The van der Waals surface area contributed by atoms with E-state index in [-0.39, 0.29) is 6.23 Å². The van der Waals surface area contributed by atoms with Crippen molar-refractivity contribution in [2.24, 2.45) is 5.10 Å². The fraction of sp³-hybridized carbons (Fsp3) is 0.583. The Hall–Kier alpha value is -1.09. The molecule has 1 fully saturated rings. The number of allylic oxidation sites excluding steroid dienone is 3. The first-order valence-corrected chi connectivity index (χ1v) is 5.52. The topological polar surface area (TPSA) is 24.8 Å². The van der Waals surface area contributed by atoms with E-state index in [1.54, 1.807) is 6.08 Å². The third-order valence-corrected chi connectivity index (χ3v) is 2.55. The molecule has 0 bridgehead atoms. The number of hydrogen-bond donors (Lipinski definition) is 0. The van der Waals surface area contributed by atoms with Gasteiger partial charge < -0.3 is 4.74 Å². The fourth-order valence-electron chi connectivity index (χ4n) is 1.78. The van der Waals surface area contributed by atoms with Crippen LogP contribution in [0.5, 0.6) is 0 Å². The van der Waals surface area contributed by atoms with Crippen molar-refractivity contribution >= 4 is 6.72 Å². The van der Waals surface area contributed by atoms with Gasteiger partial charge in [0.05, 0.1) is 0 Å². The molecule has 0 spiro atoms. The molecule has 1 aliphatic rings. The van der Waals surface area contributed by atoms with Crippen molar-refractivity contribution in [3.8, 4) is 0 Å². The van der Waals surface area contributed by atoms with Gasteiger partial charge in [-0.25, -0.2) is 5.01 Å². The summed E-state index contributed by atoms with van der Waals surface area (Å²) in [6.45, 7) is 10.2. The predicted octanol–water partition coefficient (Wildman–Crippen LogP) is 2.91. The number of ether oxygens (including phenoxy) is 1. The van der Waals surface area contributed by atoms with Gasteiger partial charge in [0, 0.05) is 19.0 Å². The zero-order valence-corrected chi connectivity index (χ0v) is 9.48. The van der Waals surface area contributed by atoms with Gasteiger partial charge in [-0.1, -0.05) is 19.6 Å². The average molecular weight is 208 g/mol. The highest BCUT2D eigenvalue weighted by Gasteiger charge is 2.21. The first-order valence-electron chi connectivity index (χ1n) is 5.52. The highest BCUT2D eigenvalue weighted by atomic mass is 16.5. The summed E-state index contributed by atoms with van der Waals surface area (Å²) >= 11 is 0. The Kier molecular flexibility index (Phi) is 5.12. The van der Waals surface area contributed by atoms with Gasteiger partial charge in [-0.2, -0.15) is 5.10 Å². The summed E-state index contributed by atoms with van der Waals surface area (Å²) in [5.74, 6) is 0.